The number of carbonyl (C=O) groups excluding carboxylic acids is 1. The van der Waals surface area contributed by atoms with E-state index in [0.29, 0.717) is 12.6 Å². The van der Waals surface area contributed by atoms with E-state index < -0.39 is 0 Å². The zero-order chi connectivity index (χ0) is 26.6. The minimum Gasteiger partial charge on any atom is -0.382 e. The van der Waals surface area contributed by atoms with Crippen molar-refractivity contribution in [1.29, 1.82) is 5.41 Å². The number of hydrogen-bond acceptors (Lipinski definition) is 4. The Balaban J connectivity index is 1.26. The zero-order valence-electron chi connectivity index (χ0n) is 23.6. The summed E-state index contributed by atoms with van der Waals surface area (Å²) in [4.78, 5) is 15.1. The van der Waals surface area contributed by atoms with Crippen molar-refractivity contribution >= 4 is 17.3 Å². The minimum atomic E-state index is 0.0287. The molecule has 1 heterocycles. The van der Waals surface area contributed by atoms with E-state index in [0.717, 1.165) is 66.9 Å². The zero-order valence-corrected chi connectivity index (χ0v) is 23.6. The first kappa shape index (κ1) is 27.4. The van der Waals surface area contributed by atoms with Gasteiger partial charge in [-0.15, -0.1) is 0 Å². The molecule has 1 aliphatic heterocycles. The highest BCUT2D eigenvalue weighted by molar-refractivity contribution is 6.00. The lowest BCUT2D eigenvalue weighted by Crippen LogP contribution is -2.43. The topological polar surface area (TPSA) is 68.2 Å². The number of benzene rings is 2. The monoisotopic (exact) mass is 502 g/mol. The summed E-state index contributed by atoms with van der Waals surface area (Å²) in [5, 5.41) is 15.8. The highest BCUT2D eigenvalue weighted by atomic mass is 16.1. The summed E-state index contributed by atoms with van der Waals surface area (Å²) in [6.07, 6.45) is 8.18. The quantitative estimate of drug-likeness (QED) is 0.340. The number of aryl methyl sites for hydroxylation is 4. The standard InChI is InChI=1S/C32H46N4O/c1-22-9-8-10-23(2)30(22)31(37)34-15-18-36-16-13-32(5,14-17-36)21-28(33)27-19-25(4)29(20-24(27)3)35-26-11-6-7-12-26/h8-10,19-20,26,33,35H,6-7,11-18,21H2,1-5H3,(H,34,37). The second-order valence-corrected chi connectivity index (χ2v) is 11.9. The predicted molar refractivity (Wildman–Crippen MR) is 155 cm³/mol. The van der Waals surface area contributed by atoms with Gasteiger partial charge in [0.25, 0.3) is 5.91 Å². The van der Waals surface area contributed by atoms with E-state index in [2.05, 4.69) is 48.4 Å². The summed E-state index contributed by atoms with van der Waals surface area (Å²) in [5.41, 5.74) is 8.58. The highest BCUT2D eigenvalue weighted by Crippen LogP contribution is 2.36. The van der Waals surface area contributed by atoms with Gasteiger partial charge < -0.3 is 20.9 Å². The van der Waals surface area contributed by atoms with Crippen LogP contribution in [-0.2, 0) is 0 Å². The maximum absolute atomic E-state index is 12.7. The lowest BCUT2D eigenvalue weighted by molar-refractivity contribution is 0.0929. The van der Waals surface area contributed by atoms with Gasteiger partial charge in [0.05, 0.1) is 0 Å². The van der Waals surface area contributed by atoms with Crippen molar-refractivity contribution < 1.29 is 4.79 Å². The Morgan fingerprint density at radius 2 is 1.65 bits per heavy atom. The SMILES string of the molecule is Cc1cc(C(=N)CC2(C)CCN(CCNC(=O)c3c(C)cccc3C)CC2)c(C)cc1NC1CCCC1. The smallest absolute Gasteiger partial charge is 0.251 e. The molecule has 3 N–H and O–H groups in total. The lowest BCUT2D eigenvalue weighted by atomic mass is 9.75. The molecular weight excluding hydrogens is 456 g/mol. The predicted octanol–water partition coefficient (Wildman–Crippen LogP) is 6.56. The minimum absolute atomic E-state index is 0.0287. The molecular formula is C32H46N4O. The van der Waals surface area contributed by atoms with Crippen LogP contribution in [0, 0.1) is 38.5 Å². The molecule has 0 unspecified atom stereocenters. The van der Waals surface area contributed by atoms with Crippen LogP contribution in [0.15, 0.2) is 30.3 Å². The summed E-state index contributed by atoms with van der Waals surface area (Å²) in [6.45, 7) is 14.2. The van der Waals surface area contributed by atoms with Crippen LogP contribution in [0.1, 0.15) is 90.0 Å². The van der Waals surface area contributed by atoms with Crippen LogP contribution in [0.5, 0.6) is 0 Å². The van der Waals surface area contributed by atoms with Crippen LogP contribution in [0.4, 0.5) is 5.69 Å². The maximum Gasteiger partial charge on any atom is 0.251 e. The van der Waals surface area contributed by atoms with Gasteiger partial charge in [0.1, 0.15) is 0 Å². The Hall–Kier alpha value is -2.66. The number of piperidine rings is 1. The van der Waals surface area contributed by atoms with Crippen LogP contribution in [-0.4, -0.2) is 48.7 Å². The number of rotatable bonds is 9. The molecule has 200 valence electrons. The molecule has 2 aliphatic rings. The molecule has 0 spiro atoms. The van der Waals surface area contributed by atoms with E-state index in [9.17, 15) is 4.79 Å². The number of nitrogens with one attached hydrogen (secondary N) is 3. The van der Waals surface area contributed by atoms with Gasteiger partial charge in [0.2, 0.25) is 0 Å². The third-order valence-corrected chi connectivity index (χ3v) is 8.70. The largest absolute Gasteiger partial charge is 0.382 e. The Bertz CT molecular complexity index is 1100. The Morgan fingerprint density at radius 1 is 1.00 bits per heavy atom. The number of carbonyl (C=O) groups is 1. The van der Waals surface area contributed by atoms with Crippen LogP contribution in [0.25, 0.3) is 0 Å². The van der Waals surface area contributed by atoms with Gasteiger partial charge in [-0.1, -0.05) is 38.0 Å². The fraction of sp³-hybridized carbons (Fsp3) is 0.562. The maximum atomic E-state index is 12.7. The van der Waals surface area contributed by atoms with E-state index in [1.165, 1.54) is 42.5 Å². The van der Waals surface area contributed by atoms with E-state index in [-0.39, 0.29) is 11.3 Å². The number of hydrogen-bond donors (Lipinski definition) is 3. The van der Waals surface area contributed by atoms with Gasteiger partial charge in [0.15, 0.2) is 0 Å². The van der Waals surface area contributed by atoms with Gasteiger partial charge in [-0.05, 0) is 118 Å². The van der Waals surface area contributed by atoms with Crippen molar-refractivity contribution in [3.05, 3.63) is 63.7 Å². The third-order valence-electron chi connectivity index (χ3n) is 8.70. The van der Waals surface area contributed by atoms with Crippen molar-refractivity contribution in [2.45, 2.75) is 85.6 Å². The second kappa shape index (κ2) is 11.8. The molecule has 0 aromatic heterocycles. The van der Waals surface area contributed by atoms with Gasteiger partial charge >= 0.3 is 0 Å². The van der Waals surface area contributed by atoms with E-state index in [4.69, 9.17) is 5.41 Å². The Morgan fingerprint density at radius 3 is 2.30 bits per heavy atom. The van der Waals surface area contributed by atoms with Crippen molar-refractivity contribution in [2.75, 3.05) is 31.5 Å². The van der Waals surface area contributed by atoms with Gasteiger partial charge in [-0.25, -0.2) is 0 Å². The second-order valence-electron chi connectivity index (χ2n) is 11.9. The van der Waals surface area contributed by atoms with E-state index in [1.54, 1.807) is 0 Å². The average Bonchev–Trinajstić information content (AvgIpc) is 3.35. The Kier molecular flexibility index (Phi) is 8.74. The van der Waals surface area contributed by atoms with E-state index in [1.807, 2.05) is 32.0 Å². The number of nitrogens with zero attached hydrogens (tertiary/aromatic N) is 1. The normalized spacial score (nSPS) is 18.1. The molecule has 2 fully saturated rings. The lowest BCUT2D eigenvalue weighted by Gasteiger charge is -2.39. The molecule has 0 bridgehead atoms. The molecule has 2 aromatic carbocycles. The number of anilines is 1. The highest BCUT2D eigenvalue weighted by Gasteiger charge is 2.31. The number of amides is 1. The van der Waals surface area contributed by atoms with Crippen molar-refractivity contribution in [1.82, 2.24) is 10.2 Å². The van der Waals surface area contributed by atoms with Crippen LogP contribution < -0.4 is 10.6 Å². The molecule has 5 heteroatoms. The molecule has 1 amide bonds. The van der Waals surface area contributed by atoms with Gasteiger partial charge in [-0.3, -0.25) is 4.79 Å². The first-order valence-corrected chi connectivity index (χ1v) is 14.2. The summed E-state index contributed by atoms with van der Waals surface area (Å²) >= 11 is 0. The first-order chi connectivity index (χ1) is 17.6. The summed E-state index contributed by atoms with van der Waals surface area (Å²) in [6, 6.07) is 11.1. The van der Waals surface area contributed by atoms with Crippen molar-refractivity contribution in [2.24, 2.45) is 5.41 Å². The molecule has 1 saturated carbocycles. The molecule has 37 heavy (non-hydrogen) atoms. The molecule has 2 aromatic rings. The van der Waals surface area contributed by atoms with Gasteiger partial charge in [-0.2, -0.15) is 0 Å². The van der Waals surface area contributed by atoms with Crippen molar-refractivity contribution in [3.8, 4) is 0 Å². The van der Waals surface area contributed by atoms with Gasteiger partial charge in [0, 0.05) is 36.1 Å². The average molecular weight is 503 g/mol. The van der Waals surface area contributed by atoms with Crippen LogP contribution >= 0.6 is 0 Å². The molecule has 1 saturated heterocycles. The van der Waals surface area contributed by atoms with Crippen LogP contribution in [0.3, 0.4) is 0 Å². The van der Waals surface area contributed by atoms with Crippen LogP contribution in [0.2, 0.25) is 0 Å². The summed E-state index contributed by atoms with van der Waals surface area (Å²) in [5.74, 6) is 0.0287. The molecule has 1 aliphatic carbocycles. The number of likely N-dealkylation sites (tertiary alicyclic amines) is 1. The first-order valence-electron chi connectivity index (χ1n) is 14.2. The van der Waals surface area contributed by atoms with E-state index >= 15 is 0 Å². The fourth-order valence-electron chi connectivity index (χ4n) is 6.19. The Labute approximate surface area is 223 Å². The molecule has 0 atom stereocenters. The fourth-order valence-corrected chi connectivity index (χ4v) is 6.19. The molecule has 0 radical (unpaired) electrons. The molecule has 4 rings (SSSR count). The summed E-state index contributed by atoms with van der Waals surface area (Å²) < 4.78 is 0. The molecule has 5 nitrogen and oxygen atoms in total. The summed E-state index contributed by atoms with van der Waals surface area (Å²) in [7, 11) is 0. The van der Waals surface area contributed by atoms with Crippen molar-refractivity contribution in [3.63, 3.8) is 0 Å². The third kappa shape index (κ3) is 6.81.